The first kappa shape index (κ1) is 10.4. The van der Waals surface area contributed by atoms with Crippen molar-refractivity contribution < 1.29 is 4.39 Å². The van der Waals surface area contributed by atoms with Crippen LogP contribution in [0, 0.1) is 12.9 Å². The lowest BCUT2D eigenvalue weighted by Gasteiger charge is -2.04. The van der Waals surface area contributed by atoms with Crippen LogP contribution in [-0.2, 0) is 6.54 Å². The zero-order chi connectivity index (χ0) is 11.4. The van der Waals surface area contributed by atoms with Crippen molar-refractivity contribution in [2.24, 2.45) is 0 Å². The van der Waals surface area contributed by atoms with Gasteiger partial charge in [-0.3, -0.25) is 0 Å². The van der Waals surface area contributed by atoms with E-state index in [4.69, 9.17) is 0 Å². The number of nitrogens with zero attached hydrogens (tertiary/aromatic N) is 4. The summed E-state index contributed by atoms with van der Waals surface area (Å²) >= 11 is 0. The molecule has 2 heterocycles. The summed E-state index contributed by atoms with van der Waals surface area (Å²) in [6, 6.07) is 3.02. The molecule has 0 aliphatic carbocycles. The fourth-order valence-electron chi connectivity index (χ4n) is 1.21. The lowest BCUT2D eigenvalue weighted by molar-refractivity contribution is 0.580. The predicted octanol–water partition coefficient (Wildman–Crippen LogP) is 1.33. The number of nitrogens with one attached hydrogen (secondary N) is 1. The van der Waals surface area contributed by atoms with E-state index in [0.29, 0.717) is 18.2 Å². The van der Waals surface area contributed by atoms with Gasteiger partial charge in [0.25, 0.3) is 0 Å². The van der Waals surface area contributed by atoms with E-state index >= 15 is 0 Å². The van der Waals surface area contributed by atoms with Crippen molar-refractivity contribution in [1.82, 2.24) is 19.9 Å². The first-order valence-corrected chi connectivity index (χ1v) is 4.74. The van der Waals surface area contributed by atoms with Crippen molar-refractivity contribution in [1.29, 1.82) is 0 Å². The molecule has 0 atom stereocenters. The maximum atomic E-state index is 12.7. The lowest BCUT2D eigenvalue weighted by atomic mass is 10.4. The molecule has 0 saturated heterocycles. The highest BCUT2D eigenvalue weighted by Gasteiger charge is 1.99. The topological polar surface area (TPSA) is 63.6 Å². The SMILES string of the molecule is Cc1nccc(CNc2cc(F)ncn2)n1. The Balaban J connectivity index is 2.02. The van der Waals surface area contributed by atoms with Crippen LogP contribution in [0.4, 0.5) is 10.2 Å². The maximum absolute atomic E-state index is 12.7. The van der Waals surface area contributed by atoms with Crippen molar-refractivity contribution in [2.75, 3.05) is 5.32 Å². The summed E-state index contributed by atoms with van der Waals surface area (Å²) in [6.45, 7) is 2.29. The Kier molecular flexibility index (Phi) is 3.00. The largest absolute Gasteiger partial charge is 0.364 e. The quantitative estimate of drug-likeness (QED) is 0.789. The minimum Gasteiger partial charge on any atom is -0.364 e. The van der Waals surface area contributed by atoms with Gasteiger partial charge >= 0.3 is 0 Å². The molecule has 0 aliphatic rings. The van der Waals surface area contributed by atoms with Crippen LogP contribution < -0.4 is 5.32 Å². The maximum Gasteiger partial charge on any atom is 0.217 e. The Morgan fingerprint density at radius 2 is 2.19 bits per heavy atom. The van der Waals surface area contributed by atoms with Crippen molar-refractivity contribution in [3.05, 3.63) is 42.1 Å². The summed E-state index contributed by atoms with van der Waals surface area (Å²) in [5.74, 6) is 0.577. The fourth-order valence-corrected chi connectivity index (χ4v) is 1.21. The Morgan fingerprint density at radius 3 is 2.94 bits per heavy atom. The van der Waals surface area contributed by atoms with Crippen LogP contribution in [0.2, 0.25) is 0 Å². The van der Waals surface area contributed by atoms with Gasteiger partial charge in [-0.2, -0.15) is 4.39 Å². The molecule has 2 aromatic rings. The first-order valence-electron chi connectivity index (χ1n) is 4.74. The Labute approximate surface area is 91.8 Å². The van der Waals surface area contributed by atoms with E-state index in [1.54, 1.807) is 12.3 Å². The zero-order valence-corrected chi connectivity index (χ0v) is 8.68. The fraction of sp³-hybridized carbons (Fsp3) is 0.200. The second kappa shape index (κ2) is 4.61. The van der Waals surface area contributed by atoms with Crippen molar-refractivity contribution in [3.8, 4) is 0 Å². The van der Waals surface area contributed by atoms with Gasteiger partial charge in [0, 0.05) is 12.3 Å². The van der Waals surface area contributed by atoms with Gasteiger partial charge in [-0.15, -0.1) is 0 Å². The normalized spacial score (nSPS) is 10.1. The van der Waals surface area contributed by atoms with Crippen LogP contribution in [0.5, 0.6) is 0 Å². The van der Waals surface area contributed by atoms with Gasteiger partial charge in [-0.05, 0) is 13.0 Å². The molecule has 0 unspecified atom stereocenters. The number of hydrogen-bond donors (Lipinski definition) is 1. The predicted molar refractivity (Wildman–Crippen MR) is 56.1 cm³/mol. The van der Waals surface area contributed by atoms with E-state index in [1.807, 2.05) is 6.92 Å². The summed E-state index contributed by atoms with van der Waals surface area (Å²) < 4.78 is 12.7. The van der Waals surface area contributed by atoms with Crippen LogP contribution in [0.1, 0.15) is 11.5 Å². The second-order valence-electron chi connectivity index (χ2n) is 3.17. The number of hydrogen-bond acceptors (Lipinski definition) is 5. The molecule has 2 rings (SSSR count). The average Bonchev–Trinajstić information content (AvgIpc) is 2.27. The molecule has 0 aliphatic heterocycles. The molecule has 1 N–H and O–H groups in total. The van der Waals surface area contributed by atoms with Crippen LogP contribution in [-0.4, -0.2) is 19.9 Å². The molecule has 2 aromatic heterocycles. The van der Waals surface area contributed by atoms with Gasteiger partial charge in [-0.1, -0.05) is 0 Å². The van der Waals surface area contributed by atoms with Gasteiger partial charge in [0.15, 0.2) is 0 Å². The number of aryl methyl sites for hydroxylation is 1. The molecule has 16 heavy (non-hydrogen) atoms. The third kappa shape index (κ3) is 2.69. The molecule has 0 amide bonds. The second-order valence-corrected chi connectivity index (χ2v) is 3.17. The van der Waals surface area contributed by atoms with Crippen molar-refractivity contribution >= 4 is 5.82 Å². The highest BCUT2D eigenvalue weighted by molar-refractivity contribution is 5.32. The van der Waals surface area contributed by atoms with Gasteiger partial charge in [0.1, 0.15) is 18.0 Å². The molecule has 0 saturated carbocycles. The Morgan fingerprint density at radius 1 is 1.31 bits per heavy atom. The molecule has 0 radical (unpaired) electrons. The van der Waals surface area contributed by atoms with Gasteiger partial charge in [-0.25, -0.2) is 19.9 Å². The standard InChI is InChI=1S/C10H10FN5/c1-7-12-3-2-8(16-7)5-13-10-4-9(11)14-6-15-10/h2-4,6H,5H2,1H3,(H,13,14,15). The Bertz CT molecular complexity index is 443. The number of rotatable bonds is 3. The number of anilines is 1. The monoisotopic (exact) mass is 219 g/mol. The summed E-state index contributed by atoms with van der Waals surface area (Å²) in [6.07, 6.45) is 2.85. The van der Waals surface area contributed by atoms with E-state index in [1.165, 1.54) is 12.4 Å². The summed E-state index contributed by atoms with van der Waals surface area (Å²) in [4.78, 5) is 15.4. The molecule has 0 fully saturated rings. The summed E-state index contributed by atoms with van der Waals surface area (Å²) in [7, 11) is 0. The van der Waals surface area contributed by atoms with Gasteiger partial charge < -0.3 is 5.32 Å². The smallest absolute Gasteiger partial charge is 0.217 e. The molecule has 0 bridgehead atoms. The highest BCUT2D eigenvalue weighted by atomic mass is 19.1. The molecule has 0 spiro atoms. The molecule has 82 valence electrons. The third-order valence-electron chi connectivity index (χ3n) is 1.92. The average molecular weight is 219 g/mol. The minimum atomic E-state index is -0.559. The van der Waals surface area contributed by atoms with E-state index in [2.05, 4.69) is 25.3 Å². The van der Waals surface area contributed by atoms with E-state index in [9.17, 15) is 4.39 Å². The van der Waals surface area contributed by atoms with Crippen LogP contribution in [0.3, 0.4) is 0 Å². The minimum absolute atomic E-state index is 0.434. The van der Waals surface area contributed by atoms with Gasteiger partial charge in [0.2, 0.25) is 5.95 Å². The highest BCUT2D eigenvalue weighted by Crippen LogP contribution is 2.04. The molecular formula is C10H10FN5. The molecular weight excluding hydrogens is 209 g/mol. The molecule has 5 nitrogen and oxygen atoms in total. The van der Waals surface area contributed by atoms with E-state index in [0.717, 1.165) is 5.69 Å². The van der Waals surface area contributed by atoms with Crippen LogP contribution >= 0.6 is 0 Å². The number of halogens is 1. The van der Waals surface area contributed by atoms with Gasteiger partial charge in [0.05, 0.1) is 12.2 Å². The van der Waals surface area contributed by atoms with Crippen molar-refractivity contribution in [3.63, 3.8) is 0 Å². The zero-order valence-electron chi connectivity index (χ0n) is 8.68. The summed E-state index contributed by atoms with van der Waals surface area (Å²) in [5, 5.41) is 2.95. The van der Waals surface area contributed by atoms with Crippen molar-refractivity contribution in [2.45, 2.75) is 13.5 Å². The van der Waals surface area contributed by atoms with Crippen LogP contribution in [0.15, 0.2) is 24.7 Å². The third-order valence-corrected chi connectivity index (χ3v) is 1.92. The molecule has 6 heteroatoms. The van der Waals surface area contributed by atoms with E-state index < -0.39 is 5.95 Å². The van der Waals surface area contributed by atoms with E-state index in [-0.39, 0.29) is 0 Å². The summed E-state index contributed by atoms with van der Waals surface area (Å²) in [5.41, 5.74) is 0.825. The molecule has 0 aromatic carbocycles. The Hall–Kier alpha value is -2.11. The first-order chi connectivity index (χ1) is 7.74. The lowest BCUT2D eigenvalue weighted by Crippen LogP contribution is -2.05. The van der Waals surface area contributed by atoms with Crippen LogP contribution in [0.25, 0.3) is 0 Å². The number of aromatic nitrogens is 4.